The molecule has 0 spiro atoms. The molecule has 0 aromatic heterocycles. The first-order valence-electron chi connectivity index (χ1n) is 13.9. The topological polar surface area (TPSA) is 96.0 Å². The summed E-state index contributed by atoms with van der Waals surface area (Å²) < 4.78 is 32.8. The van der Waals surface area contributed by atoms with Gasteiger partial charge < -0.3 is 15.0 Å². The maximum absolute atomic E-state index is 14.2. The number of para-hydroxylation sites is 2. The van der Waals surface area contributed by atoms with E-state index in [0.29, 0.717) is 12.4 Å². The summed E-state index contributed by atoms with van der Waals surface area (Å²) in [6, 6.07) is 23.0. The molecule has 3 aromatic carbocycles. The van der Waals surface area contributed by atoms with Gasteiger partial charge in [-0.3, -0.25) is 13.9 Å². The number of anilines is 1. The summed E-state index contributed by atoms with van der Waals surface area (Å²) in [5, 5.41) is 3.04. The second-order valence-corrected chi connectivity index (χ2v) is 12.1. The van der Waals surface area contributed by atoms with Crippen LogP contribution < -0.4 is 14.4 Å². The van der Waals surface area contributed by atoms with Crippen molar-refractivity contribution in [2.75, 3.05) is 23.7 Å². The van der Waals surface area contributed by atoms with Crippen molar-refractivity contribution in [3.05, 3.63) is 95.6 Å². The zero-order chi connectivity index (χ0) is 30.0. The lowest BCUT2D eigenvalue weighted by Crippen LogP contribution is -2.54. The van der Waals surface area contributed by atoms with Crippen LogP contribution in [-0.2, 0) is 32.6 Å². The fraction of sp³-hybridized carbons (Fsp3) is 0.375. The third-order valence-corrected chi connectivity index (χ3v) is 7.95. The average molecular weight is 580 g/mol. The molecule has 0 saturated heterocycles. The molecule has 0 bridgehead atoms. The van der Waals surface area contributed by atoms with Crippen LogP contribution in [0.4, 0.5) is 5.69 Å². The number of aryl methyl sites for hydroxylation is 1. The van der Waals surface area contributed by atoms with E-state index in [1.54, 1.807) is 31.2 Å². The third kappa shape index (κ3) is 9.08. The lowest BCUT2D eigenvalue weighted by molar-refractivity contribution is -0.140. The highest BCUT2D eigenvalue weighted by Crippen LogP contribution is 2.30. The number of sulfonamides is 1. The lowest BCUT2D eigenvalue weighted by atomic mass is 10.0. The maximum atomic E-state index is 14.2. The molecule has 0 heterocycles. The Morgan fingerprint density at radius 2 is 1.59 bits per heavy atom. The molecule has 9 heteroatoms. The SMILES string of the molecule is CCOc1ccccc1N(CC(=O)N(Cc1cccc(C)c1)[C@@H](Cc1ccccc1)C(=O)N[C@@H](C)CC)S(C)(=O)=O. The van der Waals surface area contributed by atoms with Gasteiger partial charge >= 0.3 is 0 Å². The monoisotopic (exact) mass is 579 g/mol. The van der Waals surface area contributed by atoms with Gasteiger partial charge in [-0.05, 0) is 50.5 Å². The number of nitrogens with one attached hydrogen (secondary N) is 1. The van der Waals surface area contributed by atoms with Crippen molar-refractivity contribution in [3.63, 3.8) is 0 Å². The number of amides is 2. The van der Waals surface area contributed by atoms with E-state index in [2.05, 4.69) is 5.32 Å². The van der Waals surface area contributed by atoms with Gasteiger partial charge in [-0.2, -0.15) is 0 Å². The van der Waals surface area contributed by atoms with Crippen LogP contribution in [0.1, 0.15) is 43.9 Å². The Morgan fingerprint density at radius 1 is 0.927 bits per heavy atom. The predicted molar refractivity (Wildman–Crippen MR) is 163 cm³/mol. The Balaban J connectivity index is 2.09. The van der Waals surface area contributed by atoms with Crippen molar-refractivity contribution < 1.29 is 22.7 Å². The predicted octanol–water partition coefficient (Wildman–Crippen LogP) is 4.71. The zero-order valence-corrected chi connectivity index (χ0v) is 25.4. The summed E-state index contributed by atoms with van der Waals surface area (Å²) in [7, 11) is -3.89. The number of rotatable bonds is 14. The smallest absolute Gasteiger partial charge is 0.244 e. The Labute approximate surface area is 244 Å². The molecule has 0 saturated carbocycles. The minimum absolute atomic E-state index is 0.0951. The van der Waals surface area contributed by atoms with E-state index >= 15 is 0 Å². The molecule has 0 radical (unpaired) electrons. The maximum Gasteiger partial charge on any atom is 0.244 e. The van der Waals surface area contributed by atoms with Crippen molar-refractivity contribution in [2.45, 2.75) is 59.2 Å². The highest BCUT2D eigenvalue weighted by molar-refractivity contribution is 7.92. The second kappa shape index (κ2) is 14.7. The number of benzene rings is 3. The minimum atomic E-state index is -3.89. The molecule has 3 rings (SSSR count). The Morgan fingerprint density at radius 3 is 2.22 bits per heavy atom. The average Bonchev–Trinajstić information content (AvgIpc) is 2.94. The third-order valence-electron chi connectivity index (χ3n) is 6.82. The van der Waals surface area contributed by atoms with Gasteiger partial charge in [-0.25, -0.2) is 8.42 Å². The number of nitrogens with zero attached hydrogens (tertiary/aromatic N) is 2. The van der Waals surface area contributed by atoms with E-state index in [1.807, 2.05) is 75.4 Å². The van der Waals surface area contributed by atoms with Gasteiger partial charge in [0.05, 0.1) is 18.6 Å². The van der Waals surface area contributed by atoms with Gasteiger partial charge in [0.1, 0.15) is 18.3 Å². The molecule has 1 N–H and O–H groups in total. The second-order valence-electron chi connectivity index (χ2n) is 10.2. The molecular formula is C32H41N3O5S. The van der Waals surface area contributed by atoms with Gasteiger partial charge in [0.15, 0.2) is 0 Å². The van der Waals surface area contributed by atoms with E-state index in [9.17, 15) is 18.0 Å². The van der Waals surface area contributed by atoms with Crippen LogP contribution in [0.25, 0.3) is 0 Å². The summed E-state index contributed by atoms with van der Waals surface area (Å²) >= 11 is 0. The summed E-state index contributed by atoms with van der Waals surface area (Å²) in [6.07, 6.45) is 2.06. The summed E-state index contributed by atoms with van der Waals surface area (Å²) in [4.78, 5) is 29.5. The van der Waals surface area contributed by atoms with Crippen LogP contribution >= 0.6 is 0 Å². The highest BCUT2D eigenvalue weighted by Gasteiger charge is 2.34. The molecule has 0 unspecified atom stereocenters. The normalized spacial score (nSPS) is 12.7. The van der Waals surface area contributed by atoms with E-state index in [-0.39, 0.29) is 30.6 Å². The Bertz CT molecular complexity index is 1410. The van der Waals surface area contributed by atoms with Crippen LogP contribution in [0, 0.1) is 6.92 Å². The Hall–Kier alpha value is -3.85. The van der Waals surface area contributed by atoms with Crippen LogP contribution in [0.3, 0.4) is 0 Å². The van der Waals surface area contributed by atoms with Crippen LogP contribution in [0.5, 0.6) is 5.75 Å². The fourth-order valence-electron chi connectivity index (χ4n) is 4.54. The molecule has 220 valence electrons. The van der Waals surface area contributed by atoms with E-state index in [1.165, 1.54) is 4.90 Å². The first-order valence-corrected chi connectivity index (χ1v) is 15.8. The van der Waals surface area contributed by atoms with Gasteiger partial charge in [0.25, 0.3) is 0 Å². The van der Waals surface area contributed by atoms with Crippen molar-refractivity contribution >= 4 is 27.5 Å². The standard InChI is InChI=1S/C32H41N3O5S/c1-6-25(4)33-32(37)29(21-26-15-9-8-10-16-26)34(22-27-17-13-14-24(3)20-27)31(36)23-35(41(5,38)39)28-18-11-12-19-30(28)40-7-2/h8-20,25,29H,6-7,21-23H2,1-5H3,(H,33,37)/t25-,29-/m0/s1. The molecule has 0 aliphatic heterocycles. The zero-order valence-electron chi connectivity index (χ0n) is 24.5. The van der Waals surface area contributed by atoms with E-state index < -0.39 is 28.5 Å². The van der Waals surface area contributed by atoms with Crippen molar-refractivity contribution in [1.29, 1.82) is 0 Å². The van der Waals surface area contributed by atoms with Crippen molar-refractivity contribution in [1.82, 2.24) is 10.2 Å². The molecule has 41 heavy (non-hydrogen) atoms. The minimum Gasteiger partial charge on any atom is -0.492 e. The molecular weight excluding hydrogens is 538 g/mol. The van der Waals surface area contributed by atoms with Gasteiger partial charge in [0, 0.05) is 19.0 Å². The number of hydrogen-bond acceptors (Lipinski definition) is 5. The molecule has 0 aliphatic carbocycles. The highest BCUT2D eigenvalue weighted by atomic mass is 32.2. The quantitative estimate of drug-likeness (QED) is 0.298. The van der Waals surface area contributed by atoms with Gasteiger partial charge in [-0.1, -0.05) is 79.2 Å². The Kier molecular flexibility index (Phi) is 11.3. The molecule has 2 amide bonds. The van der Waals surface area contributed by atoms with Crippen LogP contribution in [0.2, 0.25) is 0 Å². The van der Waals surface area contributed by atoms with Gasteiger partial charge in [-0.15, -0.1) is 0 Å². The molecule has 2 atom stereocenters. The molecule has 8 nitrogen and oxygen atoms in total. The first kappa shape index (κ1) is 31.7. The van der Waals surface area contributed by atoms with E-state index in [0.717, 1.165) is 33.7 Å². The number of carbonyl (C=O) groups excluding carboxylic acids is 2. The van der Waals surface area contributed by atoms with E-state index in [4.69, 9.17) is 4.74 Å². The molecule has 0 fully saturated rings. The summed E-state index contributed by atoms with van der Waals surface area (Å²) in [5.74, 6) is -0.429. The van der Waals surface area contributed by atoms with Crippen molar-refractivity contribution in [2.24, 2.45) is 0 Å². The van der Waals surface area contributed by atoms with Crippen LogP contribution in [-0.4, -0.2) is 56.6 Å². The van der Waals surface area contributed by atoms with Crippen molar-refractivity contribution in [3.8, 4) is 5.75 Å². The number of ether oxygens (including phenoxy) is 1. The summed E-state index contributed by atoms with van der Waals surface area (Å²) in [6.45, 7) is 7.64. The molecule has 3 aromatic rings. The number of carbonyl (C=O) groups is 2. The molecule has 0 aliphatic rings. The lowest BCUT2D eigenvalue weighted by Gasteiger charge is -2.34. The number of hydrogen-bond donors (Lipinski definition) is 1. The summed E-state index contributed by atoms with van der Waals surface area (Å²) in [5.41, 5.74) is 3.01. The first-order chi connectivity index (χ1) is 19.5. The van der Waals surface area contributed by atoms with Crippen LogP contribution in [0.15, 0.2) is 78.9 Å². The largest absolute Gasteiger partial charge is 0.492 e. The fourth-order valence-corrected chi connectivity index (χ4v) is 5.39. The van der Waals surface area contributed by atoms with Gasteiger partial charge in [0.2, 0.25) is 21.8 Å².